The maximum atomic E-state index is 8.74. The molecule has 1 heterocycles. The van der Waals surface area contributed by atoms with Crippen molar-refractivity contribution in [2.75, 3.05) is 4.72 Å². The molecule has 3 rings (SSSR count). The van der Waals surface area contributed by atoms with Crippen LogP contribution in [0.2, 0.25) is 0 Å². The van der Waals surface area contributed by atoms with Gasteiger partial charge in [0.15, 0.2) is 0 Å². The summed E-state index contributed by atoms with van der Waals surface area (Å²) in [5, 5.41) is 3.28. The molecule has 1 aromatic heterocycles. The van der Waals surface area contributed by atoms with Crippen molar-refractivity contribution in [3.8, 4) is 11.3 Å². The molecule has 0 saturated heterocycles. The zero-order valence-electron chi connectivity index (χ0n) is 11.9. The van der Waals surface area contributed by atoms with E-state index >= 15 is 0 Å². The first-order valence-electron chi connectivity index (χ1n) is 7.00. The first-order chi connectivity index (χ1) is 10.8. The molecule has 3 aromatic rings. The summed E-state index contributed by atoms with van der Waals surface area (Å²) in [5.74, 6) is 0. The van der Waals surface area contributed by atoms with Crippen molar-refractivity contribution in [3.05, 3.63) is 70.5 Å². The lowest BCUT2D eigenvalue weighted by Gasteiger charge is -2.03. The quantitative estimate of drug-likeness (QED) is 0.486. The Morgan fingerprint density at radius 1 is 1.00 bits per heavy atom. The Labute approximate surface area is 138 Å². The van der Waals surface area contributed by atoms with E-state index in [-0.39, 0.29) is 0 Å². The Bertz CT molecular complexity index is 711. The third-order valence-corrected chi connectivity index (χ3v) is 4.60. The molecule has 0 spiro atoms. The minimum Gasteiger partial charge on any atom is -0.312 e. The number of anilines is 1. The van der Waals surface area contributed by atoms with Crippen molar-refractivity contribution < 1.29 is 4.55 Å². The van der Waals surface area contributed by atoms with Crippen LogP contribution in [0.25, 0.3) is 11.3 Å². The van der Waals surface area contributed by atoms with Gasteiger partial charge in [0.05, 0.1) is 10.7 Å². The number of benzene rings is 2. The van der Waals surface area contributed by atoms with E-state index in [1.165, 1.54) is 11.1 Å². The van der Waals surface area contributed by atoms with Crippen LogP contribution in [0.5, 0.6) is 0 Å². The van der Waals surface area contributed by atoms with Crippen LogP contribution in [0, 0.1) is 0 Å². The zero-order valence-corrected chi connectivity index (χ0v) is 13.5. The van der Waals surface area contributed by atoms with Crippen molar-refractivity contribution in [1.29, 1.82) is 0 Å². The smallest absolute Gasteiger partial charge is 0.108 e. The van der Waals surface area contributed by atoms with E-state index in [1.807, 2.05) is 30.3 Å². The van der Waals surface area contributed by atoms with Gasteiger partial charge in [0.2, 0.25) is 0 Å². The van der Waals surface area contributed by atoms with Crippen LogP contribution >= 0.6 is 23.6 Å². The number of nitrogens with zero attached hydrogens (tertiary/aromatic N) is 1. The molecule has 0 aliphatic heterocycles. The van der Waals surface area contributed by atoms with Crippen LogP contribution < -0.4 is 4.72 Å². The maximum Gasteiger partial charge on any atom is 0.108 e. The van der Waals surface area contributed by atoms with E-state index in [0.717, 1.165) is 29.2 Å². The second-order valence-corrected chi connectivity index (χ2v) is 6.21. The topological polar surface area (TPSA) is 45.1 Å². The summed E-state index contributed by atoms with van der Waals surface area (Å²) >= 11 is 2.33. The van der Waals surface area contributed by atoms with Gasteiger partial charge in [0, 0.05) is 23.1 Å². The minimum absolute atomic E-state index is 0.613. The van der Waals surface area contributed by atoms with Crippen LogP contribution in [0.3, 0.4) is 0 Å². The lowest BCUT2D eigenvalue weighted by atomic mass is 10.1. The van der Waals surface area contributed by atoms with Crippen LogP contribution in [-0.2, 0) is 12.8 Å². The summed E-state index contributed by atoms with van der Waals surface area (Å²) < 4.78 is 11.5. The lowest BCUT2D eigenvalue weighted by Crippen LogP contribution is -1.92. The fourth-order valence-corrected chi connectivity index (χ4v) is 3.26. The number of rotatable bonds is 6. The monoisotopic (exact) mass is 328 g/mol. The van der Waals surface area contributed by atoms with Crippen molar-refractivity contribution in [2.24, 2.45) is 0 Å². The molecule has 2 N–H and O–H groups in total. The summed E-state index contributed by atoms with van der Waals surface area (Å²) in [6, 6.07) is 18.3. The summed E-state index contributed by atoms with van der Waals surface area (Å²) in [4.78, 5) is 4.71. The van der Waals surface area contributed by atoms with Gasteiger partial charge < -0.3 is 9.27 Å². The van der Waals surface area contributed by atoms with Gasteiger partial charge >= 0.3 is 0 Å². The van der Waals surface area contributed by atoms with E-state index in [0.29, 0.717) is 12.2 Å². The summed E-state index contributed by atoms with van der Waals surface area (Å²) in [5.41, 5.74) is 4.39. The van der Waals surface area contributed by atoms with Gasteiger partial charge in [0.25, 0.3) is 0 Å². The molecule has 2 aromatic carbocycles. The van der Waals surface area contributed by atoms with Crippen LogP contribution in [0.4, 0.5) is 5.69 Å². The second kappa shape index (κ2) is 7.45. The molecule has 112 valence electrons. The average molecular weight is 328 g/mol. The fraction of sp³-hybridized carbons (Fsp3) is 0.118. The Kier molecular flexibility index (Phi) is 5.11. The van der Waals surface area contributed by atoms with Crippen molar-refractivity contribution in [2.45, 2.75) is 12.8 Å². The number of thiazole rings is 1. The molecular formula is C17H16N2OS2. The van der Waals surface area contributed by atoms with E-state index in [9.17, 15) is 0 Å². The lowest BCUT2D eigenvalue weighted by molar-refractivity contribution is 0.668. The minimum atomic E-state index is 0.613. The Morgan fingerprint density at radius 3 is 2.50 bits per heavy atom. The average Bonchev–Trinajstić information content (AvgIpc) is 3.04. The molecule has 0 aliphatic rings. The largest absolute Gasteiger partial charge is 0.312 e. The van der Waals surface area contributed by atoms with Gasteiger partial charge in [-0.15, -0.1) is 11.3 Å². The van der Waals surface area contributed by atoms with E-state index in [4.69, 9.17) is 9.54 Å². The van der Waals surface area contributed by atoms with E-state index in [2.05, 4.69) is 34.4 Å². The first-order valence-corrected chi connectivity index (χ1v) is 8.65. The fourth-order valence-electron chi connectivity index (χ4n) is 2.21. The van der Waals surface area contributed by atoms with Crippen LogP contribution in [0.15, 0.2) is 60.0 Å². The second-order valence-electron chi connectivity index (χ2n) is 4.88. The third kappa shape index (κ3) is 3.88. The summed E-state index contributed by atoms with van der Waals surface area (Å²) in [6.45, 7) is 0. The van der Waals surface area contributed by atoms with Crippen LogP contribution in [-0.4, -0.2) is 9.54 Å². The number of hydrogen-bond acceptors (Lipinski definition) is 5. The van der Waals surface area contributed by atoms with Gasteiger partial charge in [-0.05, 0) is 24.1 Å². The summed E-state index contributed by atoms with van der Waals surface area (Å²) in [7, 11) is 0. The number of nitrogens with one attached hydrogen (secondary N) is 1. The van der Waals surface area contributed by atoms with Gasteiger partial charge in [0.1, 0.15) is 12.2 Å². The highest BCUT2D eigenvalue weighted by Crippen LogP contribution is 2.22. The van der Waals surface area contributed by atoms with Gasteiger partial charge in [-0.3, -0.25) is 0 Å². The maximum absolute atomic E-state index is 8.74. The van der Waals surface area contributed by atoms with Crippen LogP contribution in [0.1, 0.15) is 10.6 Å². The molecule has 0 unspecified atom stereocenters. The molecule has 3 nitrogen and oxygen atoms in total. The Hall–Kier alpha value is -1.82. The van der Waals surface area contributed by atoms with Crippen molar-refractivity contribution in [1.82, 2.24) is 4.98 Å². The zero-order chi connectivity index (χ0) is 15.2. The van der Waals surface area contributed by atoms with Crippen molar-refractivity contribution >= 4 is 29.3 Å². The highest BCUT2D eigenvalue weighted by Gasteiger charge is 2.04. The molecule has 0 atom stereocenters. The highest BCUT2D eigenvalue weighted by atomic mass is 32.2. The molecule has 22 heavy (non-hydrogen) atoms. The molecule has 0 radical (unpaired) electrons. The first kappa shape index (κ1) is 15.1. The molecule has 0 fully saturated rings. The van der Waals surface area contributed by atoms with Gasteiger partial charge in [-0.1, -0.05) is 42.5 Å². The molecule has 0 amide bonds. The number of aromatic nitrogens is 1. The van der Waals surface area contributed by atoms with Gasteiger partial charge in [-0.25, -0.2) is 4.98 Å². The van der Waals surface area contributed by atoms with Gasteiger partial charge in [-0.2, -0.15) is 0 Å². The third-order valence-electron chi connectivity index (χ3n) is 3.37. The predicted octanol–water partition coefficient (Wildman–Crippen LogP) is 5.13. The molecule has 5 heteroatoms. The highest BCUT2D eigenvalue weighted by molar-refractivity contribution is 7.95. The van der Waals surface area contributed by atoms with Crippen molar-refractivity contribution in [3.63, 3.8) is 0 Å². The Morgan fingerprint density at radius 2 is 1.77 bits per heavy atom. The molecule has 0 aliphatic carbocycles. The molecule has 0 saturated carbocycles. The predicted molar refractivity (Wildman–Crippen MR) is 95.2 cm³/mol. The van der Waals surface area contributed by atoms with E-state index < -0.39 is 0 Å². The normalized spacial score (nSPS) is 10.6. The Balaban J connectivity index is 1.61. The summed E-state index contributed by atoms with van der Waals surface area (Å²) in [6.07, 6.45) is 1.91. The van der Waals surface area contributed by atoms with E-state index in [1.54, 1.807) is 11.3 Å². The molecular weight excluding hydrogens is 312 g/mol. The SMILES string of the molecule is OSNc1ccc(CCc2nc(-c3ccccc3)cs2)cc1. The standard InChI is InChI=1S/C17H16N2OS2/c20-22-19-15-9-6-13(7-10-15)8-11-17-18-16(12-21-17)14-4-2-1-3-5-14/h1-7,9-10,12,19-20H,8,11H2. The number of hydrogen-bond donors (Lipinski definition) is 2. The molecule has 0 bridgehead atoms. The number of aryl methyl sites for hydroxylation is 2.